The molecule has 3 rings (SSSR count). The van der Waals surface area contributed by atoms with E-state index in [1.165, 1.54) is 23.1 Å². The van der Waals surface area contributed by atoms with E-state index in [2.05, 4.69) is 15.5 Å². The molecule has 2 aromatic carbocycles. The zero-order chi connectivity index (χ0) is 21.0. The third-order valence-electron chi connectivity index (χ3n) is 4.11. The number of benzene rings is 2. The van der Waals surface area contributed by atoms with Gasteiger partial charge in [0.1, 0.15) is 6.54 Å². The lowest BCUT2D eigenvalue weighted by Gasteiger charge is -2.25. The maximum absolute atomic E-state index is 13.4. The maximum Gasteiger partial charge on any atom is 0.264 e. The summed E-state index contributed by atoms with van der Waals surface area (Å²) < 4.78 is 28.5. The number of anilines is 2. The molecule has 1 heterocycles. The summed E-state index contributed by atoms with van der Waals surface area (Å²) in [5.41, 5.74) is 2.15. The molecule has 0 saturated carbocycles. The van der Waals surface area contributed by atoms with Crippen LogP contribution in [0, 0.1) is 13.8 Å². The molecule has 0 atom stereocenters. The largest absolute Gasteiger partial charge is 0.299 e. The van der Waals surface area contributed by atoms with Crippen molar-refractivity contribution >= 4 is 49.8 Å². The lowest BCUT2D eigenvalue weighted by Crippen LogP contribution is -2.38. The van der Waals surface area contributed by atoms with Crippen LogP contribution in [-0.4, -0.2) is 37.3 Å². The number of carbonyl (C=O) groups is 1. The number of hydrogen-bond donors (Lipinski definition) is 1. The molecular formula is C19H20N4O3S3. The van der Waals surface area contributed by atoms with Crippen LogP contribution in [-0.2, 0) is 14.8 Å². The van der Waals surface area contributed by atoms with Crippen molar-refractivity contribution in [1.82, 2.24) is 10.2 Å². The number of hydrogen-bond acceptors (Lipinski definition) is 7. The summed E-state index contributed by atoms with van der Waals surface area (Å²) in [5, 5.41) is 10.8. The third-order valence-corrected chi connectivity index (χ3v) is 7.70. The summed E-state index contributed by atoms with van der Waals surface area (Å²) in [7, 11) is -3.94. The van der Waals surface area contributed by atoms with Gasteiger partial charge in [-0.05, 0) is 43.9 Å². The lowest BCUT2D eigenvalue weighted by atomic mass is 10.2. The summed E-state index contributed by atoms with van der Waals surface area (Å²) in [6, 6.07) is 13.6. The van der Waals surface area contributed by atoms with Crippen molar-refractivity contribution < 1.29 is 13.2 Å². The number of para-hydroxylation sites is 1. The normalized spacial score (nSPS) is 11.3. The smallest absolute Gasteiger partial charge is 0.264 e. The average Bonchev–Trinajstić information content (AvgIpc) is 3.14. The van der Waals surface area contributed by atoms with E-state index in [-0.39, 0.29) is 11.4 Å². The first kappa shape index (κ1) is 21.3. The van der Waals surface area contributed by atoms with Gasteiger partial charge in [-0.3, -0.25) is 14.4 Å². The highest BCUT2D eigenvalue weighted by Crippen LogP contribution is 2.27. The molecule has 0 aliphatic rings. The van der Waals surface area contributed by atoms with Crippen LogP contribution in [0.2, 0.25) is 0 Å². The van der Waals surface area contributed by atoms with Gasteiger partial charge in [-0.25, -0.2) is 8.42 Å². The number of carbonyl (C=O) groups excluding carboxylic acids is 1. The Morgan fingerprint density at radius 3 is 2.41 bits per heavy atom. The van der Waals surface area contributed by atoms with Crippen LogP contribution < -0.4 is 9.62 Å². The predicted octanol–water partition coefficient (Wildman–Crippen LogP) is 3.71. The van der Waals surface area contributed by atoms with E-state index < -0.39 is 15.9 Å². The van der Waals surface area contributed by atoms with Gasteiger partial charge >= 0.3 is 0 Å². The molecule has 7 nitrogen and oxygen atoms in total. The summed E-state index contributed by atoms with van der Waals surface area (Å²) in [4.78, 5) is 12.8. The summed E-state index contributed by atoms with van der Waals surface area (Å²) in [6.07, 6.45) is 1.86. The second-order valence-corrected chi connectivity index (χ2v) is 10.1. The van der Waals surface area contributed by atoms with Gasteiger partial charge in [0.15, 0.2) is 4.34 Å². The highest BCUT2D eigenvalue weighted by Gasteiger charge is 2.28. The van der Waals surface area contributed by atoms with Gasteiger partial charge in [0.25, 0.3) is 10.0 Å². The minimum Gasteiger partial charge on any atom is -0.299 e. The first-order chi connectivity index (χ1) is 13.8. The first-order valence-electron chi connectivity index (χ1n) is 8.63. The van der Waals surface area contributed by atoms with Crippen LogP contribution in [0.15, 0.2) is 57.8 Å². The molecule has 29 heavy (non-hydrogen) atoms. The van der Waals surface area contributed by atoms with Crippen LogP contribution in [0.1, 0.15) is 11.1 Å². The lowest BCUT2D eigenvalue weighted by molar-refractivity contribution is -0.114. The van der Waals surface area contributed by atoms with Gasteiger partial charge in [-0.1, -0.05) is 59.0 Å². The number of rotatable bonds is 7. The Balaban J connectivity index is 1.94. The van der Waals surface area contributed by atoms with E-state index in [9.17, 15) is 13.2 Å². The summed E-state index contributed by atoms with van der Waals surface area (Å²) >= 11 is 2.65. The maximum atomic E-state index is 13.4. The zero-order valence-electron chi connectivity index (χ0n) is 16.1. The first-order valence-corrected chi connectivity index (χ1v) is 12.1. The van der Waals surface area contributed by atoms with E-state index in [0.717, 1.165) is 15.4 Å². The highest BCUT2D eigenvalue weighted by molar-refractivity contribution is 8.00. The number of nitrogens with zero attached hydrogens (tertiary/aromatic N) is 3. The molecule has 0 bridgehead atoms. The Hall–Kier alpha value is -2.43. The van der Waals surface area contributed by atoms with Crippen LogP contribution in [0.5, 0.6) is 0 Å². The minimum absolute atomic E-state index is 0.125. The van der Waals surface area contributed by atoms with Crippen molar-refractivity contribution in [1.29, 1.82) is 0 Å². The molecule has 0 spiro atoms. The van der Waals surface area contributed by atoms with Crippen LogP contribution in [0.25, 0.3) is 0 Å². The average molecular weight is 449 g/mol. The SMILES string of the molecule is CSc1nnc(NC(=O)CN(c2ccccc2C)S(=O)(=O)c2ccc(C)cc2)s1. The second-order valence-electron chi connectivity index (χ2n) is 6.24. The fraction of sp³-hybridized carbons (Fsp3) is 0.211. The number of aryl methyl sites for hydroxylation is 2. The fourth-order valence-electron chi connectivity index (χ4n) is 2.61. The third kappa shape index (κ3) is 4.95. The molecule has 0 fully saturated rings. The van der Waals surface area contributed by atoms with E-state index in [0.29, 0.717) is 15.2 Å². The molecule has 10 heteroatoms. The number of thioether (sulfide) groups is 1. The highest BCUT2D eigenvalue weighted by atomic mass is 32.2. The molecular weight excluding hydrogens is 428 g/mol. The molecule has 0 saturated heterocycles. The molecule has 0 aliphatic heterocycles. The van der Waals surface area contributed by atoms with Gasteiger partial charge in [0.2, 0.25) is 11.0 Å². The Bertz CT molecular complexity index is 1110. The van der Waals surface area contributed by atoms with Gasteiger partial charge < -0.3 is 0 Å². The van der Waals surface area contributed by atoms with Crippen molar-refractivity contribution in [3.63, 3.8) is 0 Å². The number of amides is 1. The van der Waals surface area contributed by atoms with Gasteiger partial charge in [0, 0.05) is 0 Å². The van der Waals surface area contributed by atoms with Gasteiger partial charge in [0.05, 0.1) is 10.6 Å². The second kappa shape index (κ2) is 8.93. The van der Waals surface area contributed by atoms with Crippen molar-refractivity contribution in [2.75, 3.05) is 22.4 Å². The molecule has 0 unspecified atom stereocenters. The van der Waals surface area contributed by atoms with E-state index in [4.69, 9.17) is 0 Å². The molecule has 1 aromatic heterocycles. The molecule has 1 amide bonds. The summed E-state index contributed by atoms with van der Waals surface area (Å²) in [5.74, 6) is -0.493. The number of sulfonamides is 1. The predicted molar refractivity (Wildman–Crippen MR) is 117 cm³/mol. The minimum atomic E-state index is -3.94. The Labute approximate surface area is 178 Å². The standard InChI is InChI=1S/C19H20N4O3S3/c1-13-8-10-15(11-9-13)29(25,26)23(16-7-5-4-6-14(16)2)12-17(24)20-18-21-22-19(27-3)28-18/h4-11H,12H2,1-3H3,(H,20,21,24). The van der Waals surface area contributed by atoms with Crippen molar-refractivity contribution in [3.8, 4) is 0 Å². The van der Waals surface area contributed by atoms with Crippen LogP contribution in [0.4, 0.5) is 10.8 Å². The Kier molecular flexibility index (Phi) is 6.56. The molecule has 0 radical (unpaired) electrons. The number of aromatic nitrogens is 2. The van der Waals surface area contributed by atoms with E-state index in [1.807, 2.05) is 19.2 Å². The van der Waals surface area contributed by atoms with Crippen LogP contribution >= 0.6 is 23.1 Å². The van der Waals surface area contributed by atoms with Crippen molar-refractivity contribution in [3.05, 3.63) is 59.7 Å². The van der Waals surface area contributed by atoms with Crippen molar-refractivity contribution in [2.24, 2.45) is 0 Å². The molecule has 3 aromatic rings. The molecule has 1 N–H and O–H groups in total. The Morgan fingerprint density at radius 2 is 1.79 bits per heavy atom. The Morgan fingerprint density at radius 1 is 1.10 bits per heavy atom. The monoisotopic (exact) mass is 448 g/mol. The van der Waals surface area contributed by atoms with Crippen LogP contribution in [0.3, 0.4) is 0 Å². The quantitative estimate of drug-likeness (QED) is 0.438. The topological polar surface area (TPSA) is 92.3 Å². The van der Waals surface area contributed by atoms with E-state index >= 15 is 0 Å². The number of nitrogens with one attached hydrogen (secondary N) is 1. The van der Waals surface area contributed by atoms with E-state index in [1.54, 1.807) is 49.4 Å². The molecule has 0 aliphatic carbocycles. The molecule has 152 valence electrons. The van der Waals surface area contributed by atoms with Crippen molar-refractivity contribution in [2.45, 2.75) is 23.1 Å². The van der Waals surface area contributed by atoms with Gasteiger partial charge in [-0.15, -0.1) is 10.2 Å². The van der Waals surface area contributed by atoms with Gasteiger partial charge in [-0.2, -0.15) is 0 Å². The summed E-state index contributed by atoms with van der Waals surface area (Å²) in [6.45, 7) is 3.31. The fourth-order valence-corrected chi connectivity index (χ4v) is 5.28. The zero-order valence-corrected chi connectivity index (χ0v) is 18.6.